The summed E-state index contributed by atoms with van der Waals surface area (Å²) < 4.78 is 5.14. The average molecular weight is 350 g/mol. The van der Waals surface area contributed by atoms with E-state index in [1.165, 1.54) is 0 Å². The number of fused-ring (bicyclic) bond motifs is 1. The highest BCUT2D eigenvalue weighted by molar-refractivity contribution is 6.05. The van der Waals surface area contributed by atoms with Crippen molar-refractivity contribution in [1.29, 1.82) is 0 Å². The number of rotatable bonds is 6. The van der Waals surface area contributed by atoms with Gasteiger partial charge in [0.2, 0.25) is 5.91 Å². The standard InChI is InChI=1S/C20H18N2O4/c1-2-19(24)22-14-9-7-13(8-10-14)18(23)12-26-20(25)16-11-21-17-6-4-3-5-15(16)17/h3-11,21H,2,12H2,1H3,(H,22,24). The normalized spacial score (nSPS) is 10.5. The average Bonchev–Trinajstić information content (AvgIpc) is 3.10. The molecule has 1 aromatic heterocycles. The van der Waals surface area contributed by atoms with Gasteiger partial charge in [0.05, 0.1) is 5.56 Å². The number of anilines is 1. The lowest BCUT2D eigenvalue weighted by Gasteiger charge is -2.06. The third kappa shape index (κ3) is 3.80. The Morgan fingerprint density at radius 1 is 1.04 bits per heavy atom. The molecule has 0 saturated heterocycles. The first kappa shape index (κ1) is 17.4. The number of benzene rings is 2. The molecule has 2 N–H and O–H groups in total. The number of aromatic amines is 1. The molecule has 0 atom stereocenters. The highest BCUT2D eigenvalue weighted by Crippen LogP contribution is 2.18. The summed E-state index contributed by atoms with van der Waals surface area (Å²) in [5.41, 5.74) is 2.25. The van der Waals surface area contributed by atoms with Gasteiger partial charge in [0, 0.05) is 34.8 Å². The van der Waals surface area contributed by atoms with E-state index < -0.39 is 5.97 Å². The SMILES string of the molecule is CCC(=O)Nc1ccc(C(=O)COC(=O)c2c[nH]c3ccccc23)cc1. The van der Waals surface area contributed by atoms with Crippen molar-refractivity contribution in [2.45, 2.75) is 13.3 Å². The van der Waals surface area contributed by atoms with Crippen LogP contribution in [-0.2, 0) is 9.53 Å². The molecule has 0 unspecified atom stereocenters. The van der Waals surface area contributed by atoms with Crippen LogP contribution in [0.5, 0.6) is 0 Å². The van der Waals surface area contributed by atoms with Crippen molar-refractivity contribution in [2.75, 3.05) is 11.9 Å². The summed E-state index contributed by atoms with van der Waals surface area (Å²) in [5.74, 6) is -0.967. The molecule has 3 rings (SSSR count). The highest BCUT2D eigenvalue weighted by atomic mass is 16.5. The van der Waals surface area contributed by atoms with Crippen molar-refractivity contribution >= 4 is 34.3 Å². The minimum Gasteiger partial charge on any atom is -0.454 e. The van der Waals surface area contributed by atoms with E-state index in [-0.39, 0.29) is 18.3 Å². The molecule has 1 heterocycles. The molecule has 6 nitrogen and oxygen atoms in total. The van der Waals surface area contributed by atoms with E-state index in [0.717, 1.165) is 10.9 Å². The van der Waals surface area contributed by atoms with E-state index in [0.29, 0.717) is 23.2 Å². The molecule has 1 amide bonds. The molecule has 0 aliphatic carbocycles. The van der Waals surface area contributed by atoms with Gasteiger partial charge in [-0.3, -0.25) is 9.59 Å². The minimum absolute atomic E-state index is 0.100. The Hall–Kier alpha value is -3.41. The molecule has 0 fully saturated rings. The maximum atomic E-state index is 12.2. The topological polar surface area (TPSA) is 88.3 Å². The highest BCUT2D eigenvalue weighted by Gasteiger charge is 2.15. The van der Waals surface area contributed by atoms with Crippen LogP contribution in [0.15, 0.2) is 54.7 Å². The number of aromatic nitrogens is 1. The van der Waals surface area contributed by atoms with Crippen molar-refractivity contribution in [3.8, 4) is 0 Å². The predicted molar refractivity (Wildman–Crippen MR) is 98.3 cm³/mol. The summed E-state index contributed by atoms with van der Waals surface area (Å²) in [4.78, 5) is 38.8. The number of hydrogen-bond acceptors (Lipinski definition) is 4. The number of amides is 1. The van der Waals surface area contributed by atoms with Crippen molar-refractivity contribution in [3.05, 3.63) is 65.9 Å². The van der Waals surface area contributed by atoms with Crippen molar-refractivity contribution in [2.24, 2.45) is 0 Å². The van der Waals surface area contributed by atoms with Crippen molar-refractivity contribution in [3.63, 3.8) is 0 Å². The van der Waals surface area contributed by atoms with Gasteiger partial charge in [-0.05, 0) is 30.3 Å². The molecule has 6 heteroatoms. The van der Waals surface area contributed by atoms with E-state index in [2.05, 4.69) is 10.3 Å². The lowest BCUT2D eigenvalue weighted by Crippen LogP contribution is -2.14. The number of ketones is 1. The maximum absolute atomic E-state index is 12.2. The van der Waals surface area contributed by atoms with Crippen LogP contribution in [-0.4, -0.2) is 29.3 Å². The van der Waals surface area contributed by atoms with Gasteiger partial charge in [-0.25, -0.2) is 4.79 Å². The first-order valence-corrected chi connectivity index (χ1v) is 8.25. The summed E-state index contributed by atoms with van der Waals surface area (Å²) in [6.45, 7) is 1.41. The van der Waals surface area contributed by atoms with Gasteiger partial charge in [0.25, 0.3) is 0 Å². The number of para-hydroxylation sites is 1. The van der Waals surface area contributed by atoms with E-state index in [9.17, 15) is 14.4 Å². The Morgan fingerprint density at radius 2 is 1.77 bits per heavy atom. The number of Topliss-reactive ketones (excluding diaryl/α,β-unsaturated/α-hetero) is 1. The van der Waals surface area contributed by atoms with Gasteiger partial charge in [-0.1, -0.05) is 25.1 Å². The molecule has 3 aromatic rings. The van der Waals surface area contributed by atoms with Crippen molar-refractivity contribution < 1.29 is 19.1 Å². The molecule has 2 aromatic carbocycles. The summed E-state index contributed by atoms with van der Waals surface area (Å²) in [7, 11) is 0. The minimum atomic E-state index is -0.553. The number of esters is 1. The fraction of sp³-hybridized carbons (Fsp3) is 0.150. The molecule has 0 aliphatic rings. The van der Waals surface area contributed by atoms with Gasteiger partial charge >= 0.3 is 5.97 Å². The Morgan fingerprint density at radius 3 is 2.50 bits per heavy atom. The van der Waals surface area contributed by atoms with E-state index in [4.69, 9.17) is 4.74 Å². The quantitative estimate of drug-likeness (QED) is 0.525. The summed E-state index contributed by atoms with van der Waals surface area (Å²) in [5, 5.41) is 3.46. The third-order valence-electron chi connectivity index (χ3n) is 3.96. The zero-order valence-electron chi connectivity index (χ0n) is 14.2. The van der Waals surface area contributed by atoms with Crippen LogP contribution in [0.2, 0.25) is 0 Å². The number of nitrogens with one attached hydrogen (secondary N) is 2. The van der Waals surface area contributed by atoms with Crippen LogP contribution in [0.1, 0.15) is 34.1 Å². The summed E-state index contributed by atoms with van der Waals surface area (Å²) in [6.07, 6.45) is 1.95. The van der Waals surface area contributed by atoms with Gasteiger partial charge in [0.1, 0.15) is 0 Å². The number of carbonyl (C=O) groups excluding carboxylic acids is 3. The Bertz CT molecular complexity index is 957. The second-order valence-corrected chi connectivity index (χ2v) is 5.73. The lowest BCUT2D eigenvalue weighted by molar-refractivity contribution is -0.115. The number of ether oxygens (including phenoxy) is 1. The van der Waals surface area contributed by atoms with Crippen LogP contribution in [0.4, 0.5) is 5.69 Å². The summed E-state index contributed by atoms with van der Waals surface area (Å²) >= 11 is 0. The van der Waals surface area contributed by atoms with Crippen LogP contribution >= 0.6 is 0 Å². The van der Waals surface area contributed by atoms with Crippen LogP contribution < -0.4 is 5.32 Å². The van der Waals surface area contributed by atoms with Gasteiger partial charge in [-0.2, -0.15) is 0 Å². The maximum Gasteiger partial charge on any atom is 0.340 e. The molecular weight excluding hydrogens is 332 g/mol. The van der Waals surface area contributed by atoms with Gasteiger partial charge < -0.3 is 15.0 Å². The second-order valence-electron chi connectivity index (χ2n) is 5.73. The van der Waals surface area contributed by atoms with E-state index >= 15 is 0 Å². The molecule has 0 bridgehead atoms. The fourth-order valence-corrected chi connectivity index (χ4v) is 2.52. The Labute approximate surface area is 150 Å². The first-order valence-electron chi connectivity index (χ1n) is 8.25. The Balaban J connectivity index is 1.61. The molecule has 0 aliphatic heterocycles. The van der Waals surface area contributed by atoms with Crippen LogP contribution in [0.25, 0.3) is 10.9 Å². The van der Waals surface area contributed by atoms with Crippen molar-refractivity contribution in [1.82, 2.24) is 4.98 Å². The molecule has 0 radical (unpaired) electrons. The van der Waals surface area contributed by atoms with Gasteiger partial charge in [-0.15, -0.1) is 0 Å². The van der Waals surface area contributed by atoms with Crippen LogP contribution in [0, 0.1) is 0 Å². The molecule has 0 saturated carbocycles. The molecule has 132 valence electrons. The molecule has 0 spiro atoms. The monoisotopic (exact) mass is 350 g/mol. The third-order valence-corrected chi connectivity index (χ3v) is 3.96. The van der Waals surface area contributed by atoms with E-state index in [1.807, 2.05) is 24.3 Å². The Kier molecular flexibility index (Phi) is 5.12. The zero-order chi connectivity index (χ0) is 18.5. The molecular formula is C20H18N2O4. The largest absolute Gasteiger partial charge is 0.454 e. The van der Waals surface area contributed by atoms with Gasteiger partial charge in [0.15, 0.2) is 12.4 Å². The lowest BCUT2D eigenvalue weighted by atomic mass is 10.1. The number of H-pyrrole nitrogens is 1. The number of hydrogen-bond donors (Lipinski definition) is 2. The first-order chi connectivity index (χ1) is 12.6. The second kappa shape index (κ2) is 7.65. The van der Waals surface area contributed by atoms with Crippen LogP contribution in [0.3, 0.4) is 0 Å². The predicted octanol–water partition coefficient (Wildman–Crippen LogP) is 3.56. The fourth-order valence-electron chi connectivity index (χ4n) is 2.52. The smallest absolute Gasteiger partial charge is 0.340 e. The zero-order valence-corrected chi connectivity index (χ0v) is 14.2. The number of carbonyl (C=O) groups is 3. The van der Waals surface area contributed by atoms with E-state index in [1.54, 1.807) is 37.4 Å². The summed E-state index contributed by atoms with van der Waals surface area (Å²) in [6, 6.07) is 13.8. The molecule has 26 heavy (non-hydrogen) atoms.